The second-order valence-electron chi connectivity index (χ2n) is 5.36. The maximum Gasteiger partial charge on any atom is 0.254 e. The number of halogens is 1. The topological polar surface area (TPSA) is 33.2 Å². The van der Waals surface area contributed by atoms with Crippen molar-refractivity contribution in [2.45, 2.75) is 49.5 Å². The summed E-state index contributed by atoms with van der Waals surface area (Å²) >= 11 is 3.71. The van der Waals surface area contributed by atoms with E-state index < -0.39 is 0 Å². The van der Waals surface area contributed by atoms with Gasteiger partial charge in [0.1, 0.15) is 0 Å². The van der Waals surface area contributed by atoms with Crippen LogP contribution >= 0.6 is 15.9 Å². The lowest BCUT2D eigenvalue weighted by Crippen LogP contribution is -2.47. The van der Waals surface area contributed by atoms with Gasteiger partial charge < -0.3 is 4.90 Å². The van der Waals surface area contributed by atoms with Crippen LogP contribution in [0.4, 0.5) is 0 Å². The predicted octanol–water partition coefficient (Wildman–Crippen LogP) is 2.92. The summed E-state index contributed by atoms with van der Waals surface area (Å²) in [6.07, 6.45) is 7.97. The molecule has 3 heterocycles. The third-order valence-electron chi connectivity index (χ3n) is 4.16. The van der Waals surface area contributed by atoms with Crippen LogP contribution in [0.2, 0.25) is 0 Å². The SMILES string of the molecule is Cc1cnccc1C(=O)N1C2CCC1CC(Br)C2. The summed E-state index contributed by atoms with van der Waals surface area (Å²) in [5.74, 6) is 0.196. The molecule has 0 N–H and O–H groups in total. The first-order valence-corrected chi connectivity index (χ1v) is 7.45. The Kier molecular flexibility index (Phi) is 3.14. The molecule has 0 saturated carbocycles. The number of nitrogens with zero attached hydrogens (tertiary/aromatic N) is 2. The maximum absolute atomic E-state index is 12.7. The number of amides is 1. The van der Waals surface area contributed by atoms with Gasteiger partial charge in [0.2, 0.25) is 0 Å². The van der Waals surface area contributed by atoms with E-state index >= 15 is 0 Å². The van der Waals surface area contributed by atoms with Gasteiger partial charge in [-0.25, -0.2) is 0 Å². The van der Waals surface area contributed by atoms with E-state index in [1.54, 1.807) is 12.4 Å². The summed E-state index contributed by atoms with van der Waals surface area (Å²) in [5.41, 5.74) is 1.79. The molecule has 2 bridgehead atoms. The number of aromatic nitrogens is 1. The smallest absolute Gasteiger partial charge is 0.254 e. The fraction of sp³-hybridized carbons (Fsp3) is 0.571. The minimum Gasteiger partial charge on any atom is -0.333 e. The van der Waals surface area contributed by atoms with Crippen molar-refractivity contribution in [2.24, 2.45) is 0 Å². The van der Waals surface area contributed by atoms with Crippen molar-refractivity contribution in [3.05, 3.63) is 29.6 Å². The van der Waals surface area contributed by atoms with E-state index in [0.717, 1.165) is 36.8 Å². The molecule has 0 aromatic carbocycles. The van der Waals surface area contributed by atoms with Gasteiger partial charge in [-0.05, 0) is 44.2 Å². The van der Waals surface area contributed by atoms with Gasteiger partial charge in [-0.3, -0.25) is 9.78 Å². The van der Waals surface area contributed by atoms with Gasteiger partial charge in [-0.2, -0.15) is 0 Å². The third-order valence-corrected chi connectivity index (χ3v) is 4.91. The first-order chi connectivity index (χ1) is 8.66. The van der Waals surface area contributed by atoms with Crippen molar-refractivity contribution >= 4 is 21.8 Å². The molecule has 0 aliphatic carbocycles. The Morgan fingerprint density at radius 2 is 2.06 bits per heavy atom. The Bertz CT molecular complexity index is 463. The maximum atomic E-state index is 12.7. The monoisotopic (exact) mass is 308 g/mol. The van der Waals surface area contributed by atoms with E-state index in [0.29, 0.717) is 16.9 Å². The van der Waals surface area contributed by atoms with Crippen molar-refractivity contribution in [3.8, 4) is 0 Å². The van der Waals surface area contributed by atoms with Crippen LogP contribution in [0.15, 0.2) is 18.5 Å². The van der Waals surface area contributed by atoms with Crippen LogP contribution in [0.25, 0.3) is 0 Å². The van der Waals surface area contributed by atoms with E-state index in [-0.39, 0.29) is 5.91 Å². The third kappa shape index (κ3) is 1.96. The van der Waals surface area contributed by atoms with Crippen LogP contribution in [0.3, 0.4) is 0 Å². The van der Waals surface area contributed by atoms with Crippen LogP contribution in [0, 0.1) is 6.92 Å². The van der Waals surface area contributed by atoms with Crippen molar-refractivity contribution < 1.29 is 4.79 Å². The number of carbonyl (C=O) groups is 1. The van der Waals surface area contributed by atoms with Crippen molar-refractivity contribution in [1.82, 2.24) is 9.88 Å². The van der Waals surface area contributed by atoms with Gasteiger partial charge in [-0.15, -0.1) is 0 Å². The molecule has 2 saturated heterocycles. The number of alkyl halides is 1. The lowest BCUT2D eigenvalue weighted by molar-refractivity contribution is 0.0602. The summed E-state index contributed by atoms with van der Waals surface area (Å²) in [6, 6.07) is 2.69. The zero-order valence-electron chi connectivity index (χ0n) is 10.5. The molecule has 18 heavy (non-hydrogen) atoms. The van der Waals surface area contributed by atoms with Gasteiger partial charge in [0, 0.05) is 34.9 Å². The average Bonchev–Trinajstić information content (AvgIpc) is 2.61. The highest BCUT2D eigenvalue weighted by atomic mass is 79.9. The molecule has 4 heteroatoms. The van der Waals surface area contributed by atoms with Crippen LogP contribution in [-0.2, 0) is 0 Å². The molecule has 96 valence electrons. The van der Waals surface area contributed by atoms with Crippen LogP contribution in [0.5, 0.6) is 0 Å². The molecule has 2 aliphatic heterocycles. The average molecular weight is 309 g/mol. The van der Waals surface area contributed by atoms with Gasteiger partial charge in [0.05, 0.1) is 0 Å². The summed E-state index contributed by atoms with van der Waals surface area (Å²) < 4.78 is 0. The van der Waals surface area contributed by atoms with Crippen LogP contribution in [-0.4, -0.2) is 32.7 Å². The van der Waals surface area contributed by atoms with E-state index in [1.165, 1.54) is 0 Å². The number of carbonyl (C=O) groups excluding carboxylic acids is 1. The Morgan fingerprint density at radius 3 is 2.67 bits per heavy atom. The van der Waals surface area contributed by atoms with E-state index in [4.69, 9.17) is 0 Å². The highest BCUT2D eigenvalue weighted by Crippen LogP contribution is 2.39. The summed E-state index contributed by atoms with van der Waals surface area (Å²) in [5, 5.41) is 0. The molecule has 0 radical (unpaired) electrons. The fourth-order valence-corrected chi connectivity index (χ4v) is 4.16. The molecule has 2 aliphatic rings. The van der Waals surface area contributed by atoms with Crippen LogP contribution < -0.4 is 0 Å². The molecular weight excluding hydrogens is 292 g/mol. The van der Waals surface area contributed by atoms with Gasteiger partial charge in [0.25, 0.3) is 5.91 Å². The largest absolute Gasteiger partial charge is 0.333 e. The van der Waals surface area contributed by atoms with Crippen LogP contribution in [0.1, 0.15) is 41.6 Å². The number of piperidine rings is 1. The number of hydrogen-bond acceptors (Lipinski definition) is 2. The Labute approximate surface area is 116 Å². The summed E-state index contributed by atoms with van der Waals surface area (Å²) in [7, 11) is 0. The Hall–Kier alpha value is -0.900. The lowest BCUT2D eigenvalue weighted by Gasteiger charge is -2.37. The second-order valence-corrected chi connectivity index (χ2v) is 6.65. The van der Waals surface area contributed by atoms with E-state index in [9.17, 15) is 4.79 Å². The highest BCUT2D eigenvalue weighted by Gasteiger charge is 2.42. The van der Waals surface area contributed by atoms with Crippen molar-refractivity contribution in [2.75, 3.05) is 0 Å². The first-order valence-electron chi connectivity index (χ1n) is 6.54. The molecule has 1 aromatic rings. The molecule has 2 atom stereocenters. The molecule has 3 rings (SSSR count). The zero-order chi connectivity index (χ0) is 12.7. The van der Waals surface area contributed by atoms with E-state index in [1.807, 2.05) is 13.0 Å². The molecule has 2 unspecified atom stereocenters. The van der Waals surface area contributed by atoms with E-state index in [2.05, 4.69) is 25.8 Å². The first kappa shape index (κ1) is 12.2. The standard InChI is InChI=1S/C14H17BrN2O/c1-9-8-16-5-4-13(9)14(18)17-11-2-3-12(17)7-10(15)6-11/h4-5,8,10-12H,2-3,6-7H2,1H3. The Morgan fingerprint density at radius 1 is 1.39 bits per heavy atom. The molecular formula is C14H17BrN2O. The quantitative estimate of drug-likeness (QED) is 0.747. The van der Waals surface area contributed by atoms with Gasteiger partial charge in [-0.1, -0.05) is 15.9 Å². The summed E-state index contributed by atoms with van der Waals surface area (Å²) in [4.78, 5) is 19.4. The lowest BCUT2D eigenvalue weighted by atomic mass is 10.0. The van der Waals surface area contributed by atoms with Gasteiger partial charge in [0.15, 0.2) is 0 Å². The highest BCUT2D eigenvalue weighted by molar-refractivity contribution is 9.09. The minimum absolute atomic E-state index is 0.196. The minimum atomic E-state index is 0.196. The zero-order valence-corrected chi connectivity index (χ0v) is 12.1. The van der Waals surface area contributed by atoms with Gasteiger partial charge >= 0.3 is 0 Å². The molecule has 1 amide bonds. The molecule has 3 nitrogen and oxygen atoms in total. The second kappa shape index (κ2) is 4.65. The van der Waals surface area contributed by atoms with Crippen molar-refractivity contribution in [3.63, 3.8) is 0 Å². The predicted molar refractivity (Wildman–Crippen MR) is 73.9 cm³/mol. The Balaban J connectivity index is 1.88. The normalized spacial score (nSPS) is 30.6. The number of aryl methyl sites for hydroxylation is 1. The number of pyridine rings is 1. The summed E-state index contributed by atoms with van der Waals surface area (Å²) in [6.45, 7) is 1.96. The fourth-order valence-electron chi connectivity index (χ4n) is 3.29. The van der Waals surface area contributed by atoms with Crippen molar-refractivity contribution in [1.29, 1.82) is 0 Å². The molecule has 2 fully saturated rings. The number of fused-ring (bicyclic) bond motifs is 2. The number of rotatable bonds is 1. The molecule has 0 spiro atoms. The molecule has 1 aromatic heterocycles. The number of hydrogen-bond donors (Lipinski definition) is 0.